The molecule has 0 saturated heterocycles. The van der Waals surface area contributed by atoms with Crippen LogP contribution in [0.3, 0.4) is 0 Å². The largest absolute Gasteiger partial charge is 0.265 e. The Hall–Kier alpha value is -8.01. The Balaban J connectivity index is 0.895. The Kier molecular flexibility index (Phi) is 8.07. The van der Waals surface area contributed by atoms with Crippen molar-refractivity contribution in [3.63, 3.8) is 0 Å². The van der Waals surface area contributed by atoms with Gasteiger partial charge in [-0.05, 0) is 108 Å². The quantitative estimate of drug-likeness (QED) is 0.169. The number of nitrogens with zero attached hydrogens (tertiary/aromatic N) is 3. The van der Waals surface area contributed by atoms with E-state index in [1.165, 1.54) is 61.2 Å². The Morgan fingerprint density at radius 2 is 0.672 bits per heavy atom. The summed E-state index contributed by atoms with van der Waals surface area (Å²) in [5.41, 5.74) is 22.2. The summed E-state index contributed by atoms with van der Waals surface area (Å²) in [7, 11) is 0. The van der Waals surface area contributed by atoms with Gasteiger partial charge in [-0.25, -0.2) is 9.97 Å². The number of hydrogen-bond donors (Lipinski definition) is 0. The highest BCUT2D eigenvalue weighted by molar-refractivity contribution is 5.96. The molecule has 2 aromatic heterocycles. The minimum atomic E-state index is -0.335. The Bertz CT molecular complexity index is 3230. The van der Waals surface area contributed by atoms with E-state index in [1.54, 1.807) is 0 Å². The number of rotatable bonds is 6. The molecule has 10 aromatic rings. The van der Waals surface area contributed by atoms with E-state index in [1.807, 2.05) is 42.7 Å². The monoisotopic (exact) mass is 775 g/mol. The number of pyridine rings is 1. The summed E-state index contributed by atoms with van der Waals surface area (Å²) in [6.45, 7) is 0. The summed E-state index contributed by atoms with van der Waals surface area (Å²) in [5.74, 6) is 0.701. The molecule has 1 spiro atoms. The van der Waals surface area contributed by atoms with Crippen LogP contribution in [0.2, 0.25) is 0 Å². The van der Waals surface area contributed by atoms with Crippen molar-refractivity contribution >= 4 is 0 Å². The molecule has 0 saturated carbocycles. The van der Waals surface area contributed by atoms with Crippen LogP contribution in [0.4, 0.5) is 0 Å². The predicted octanol–water partition coefficient (Wildman–Crippen LogP) is 14.2. The summed E-state index contributed by atoms with van der Waals surface area (Å²) in [6.07, 6.45) is 3.65. The van der Waals surface area contributed by atoms with Crippen molar-refractivity contribution in [2.75, 3.05) is 0 Å². The zero-order chi connectivity index (χ0) is 40.3. The normalized spacial score (nSPS) is 12.7. The van der Waals surface area contributed by atoms with Crippen molar-refractivity contribution in [1.29, 1.82) is 0 Å². The first-order valence-electron chi connectivity index (χ1n) is 20.8. The molecule has 3 heteroatoms. The molecular weight excluding hydrogens is 739 g/mol. The summed E-state index contributed by atoms with van der Waals surface area (Å²) in [4.78, 5) is 14.3. The van der Waals surface area contributed by atoms with Gasteiger partial charge in [-0.1, -0.05) is 182 Å². The van der Waals surface area contributed by atoms with E-state index in [4.69, 9.17) is 9.97 Å². The summed E-state index contributed by atoms with van der Waals surface area (Å²) >= 11 is 0. The average molecular weight is 776 g/mol. The highest BCUT2D eigenvalue weighted by Crippen LogP contribution is 2.63. The van der Waals surface area contributed by atoms with E-state index in [9.17, 15) is 0 Å². The standard InChI is InChI=1S/C58H37N3/c1-2-11-43(12-3-1)57-60-55(41-25-21-38(22-26-41)40-31-33-59-34-32-40)37-56(61-57)42-27-23-39(24-28-42)44-13-10-14-45(35-44)46-29-30-54-50(36-46)49-17-6-9-20-53(49)58(54)51-18-7-4-15-47(51)48-16-5-8-19-52(48)58/h1-37H. The zero-order valence-corrected chi connectivity index (χ0v) is 33.2. The molecule has 2 aliphatic carbocycles. The van der Waals surface area contributed by atoms with Gasteiger partial charge >= 0.3 is 0 Å². The van der Waals surface area contributed by atoms with Gasteiger partial charge in [-0.2, -0.15) is 0 Å². The van der Waals surface area contributed by atoms with Crippen molar-refractivity contribution in [2.24, 2.45) is 0 Å². The molecule has 0 N–H and O–H groups in total. The maximum atomic E-state index is 5.10. The molecule has 0 atom stereocenters. The fourth-order valence-corrected chi connectivity index (χ4v) is 9.83. The Morgan fingerprint density at radius 3 is 1.26 bits per heavy atom. The van der Waals surface area contributed by atoms with Gasteiger partial charge in [0.1, 0.15) is 0 Å². The molecule has 0 radical (unpaired) electrons. The first kappa shape index (κ1) is 35.0. The molecule has 0 bridgehead atoms. The van der Waals surface area contributed by atoms with Crippen LogP contribution in [0.5, 0.6) is 0 Å². The predicted molar refractivity (Wildman–Crippen MR) is 249 cm³/mol. The SMILES string of the molecule is c1ccc(-c2nc(-c3ccc(-c4ccncc4)cc3)cc(-c3ccc(-c4cccc(-c5ccc6c(c5)-c5ccccc5C65c6ccccc6-c6ccccc65)c4)cc3)n2)cc1. The second kappa shape index (κ2) is 14.1. The fourth-order valence-electron chi connectivity index (χ4n) is 9.83. The lowest BCUT2D eigenvalue weighted by atomic mass is 9.70. The van der Waals surface area contributed by atoms with Crippen LogP contribution in [0.15, 0.2) is 225 Å². The maximum absolute atomic E-state index is 5.10. The second-order valence-electron chi connectivity index (χ2n) is 15.9. The van der Waals surface area contributed by atoms with Crippen molar-refractivity contribution in [3.05, 3.63) is 247 Å². The van der Waals surface area contributed by atoms with E-state index < -0.39 is 0 Å². The van der Waals surface area contributed by atoms with E-state index in [2.05, 4.69) is 187 Å². The van der Waals surface area contributed by atoms with E-state index in [0.717, 1.165) is 44.8 Å². The van der Waals surface area contributed by atoms with Crippen LogP contribution < -0.4 is 0 Å². The summed E-state index contributed by atoms with van der Waals surface area (Å²) in [6, 6.07) is 76.7. The lowest BCUT2D eigenvalue weighted by Gasteiger charge is -2.30. The van der Waals surface area contributed by atoms with Crippen LogP contribution >= 0.6 is 0 Å². The van der Waals surface area contributed by atoms with E-state index in [-0.39, 0.29) is 5.41 Å². The number of hydrogen-bond acceptors (Lipinski definition) is 3. The molecule has 284 valence electrons. The Labute approximate surface area is 355 Å². The fraction of sp³-hybridized carbons (Fsp3) is 0.0172. The molecule has 3 nitrogen and oxygen atoms in total. The van der Waals surface area contributed by atoms with Gasteiger partial charge in [0.25, 0.3) is 0 Å². The van der Waals surface area contributed by atoms with Crippen molar-refractivity contribution in [3.8, 4) is 89.5 Å². The van der Waals surface area contributed by atoms with Gasteiger partial charge in [0.2, 0.25) is 0 Å². The van der Waals surface area contributed by atoms with Gasteiger partial charge < -0.3 is 0 Å². The summed E-state index contributed by atoms with van der Waals surface area (Å²) in [5, 5.41) is 0. The van der Waals surface area contributed by atoms with Gasteiger partial charge in [-0.3, -0.25) is 4.98 Å². The molecule has 0 fully saturated rings. The molecule has 2 heterocycles. The van der Waals surface area contributed by atoms with E-state index >= 15 is 0 Å². The molecule has 0 unspecified atom stereocenters. The number of benzene rings is 8. The zero-order valence-electron chi connectivity index (χ0n) is 33.2. The third-order valence-corrected chi connectivity index (χ3v) is 12.7. The average Bonchev–Trinajstić information content (AvgIpc) is 3.82. The molecule has 12 rings (SSSR count). The molecular formula is C58H37N3. The van der Waals surface area contributed by atoms with Gasteiger partial charge in [0.15, 0.2) is 5.82 Å². The maximum Gasteiger partial charge on any atom is 0.160 e. The lowest BCUT2D eigenvalue weighted by molar-refractivity contribution is 0.794. The van der Waals surface area contributed by atoms with Crippen molar-refractivity contribution in [2.45, 2.75) is 5.41 Å². The third-order valence-electron chi connectivity index (χ3n) is 12.7. The molecule has 0 amide bonds. The highest BCUT2D eigenvalue weighted by Gasteiger charge is 2.51. The molecule has 61 heavy (non-hydrogen) atoms. The minimum absolute atomic E-state index is 0.335. The molecule has 8 aromatic carbocycles. The van der Waals surface area contributed by atoms with Gasteiger partial charge in [0.05, 0.1) is 16.8 Å². The van der Waals surface area contributed by atoms with E-state index in [0.29, 0.717) is 5.82 Å². The number of fused-ring (bicyclic) bond motifs is 10. The first-order chi connectivity index (χ1) is 30.2. The van der Waals surface area contributed by atoms with Gasteiger partial charge in [0, 0.05) is 29.1 Å². The molecule has 0 aliphatic heterocycles. The van der Waals surface area contributed by atoms with Crippen LogP contribution in [0.25, 0.3) is 89.5 Å². The number of aromatic nitrogens is 3. The minimum Gasteiger partial charge on any atom is -0.265 e. The van der Waals surface area contributed by atoms with Crippen LogP contribution in [0, 0.1) is 0 Å². The van der Waals surface area contributed by atoms with Crippen LogP contribution in [-0.4, -0.2) is 15.0 Å². The first-order valence-corrected chi connectivity index (χ1v) is 20.8. The topological polar surface area (TPSA) is 38.7 Å². The smallest absolute Gasteiger partial charge is 0.160 e. The van der Waals surface area contributed by atoms with Gasteiger partial charge in [-0.15, -0.1) is 0 Å². The second-order valence-corrected chi connectivity index (χ2v) is 15.9. The Morgan fingerprint density at radius 1 is 0.262 bits per heavy atom. The summed E-state index contributed by atoms with van der Waals surface area (Å²) < 4.78 is 0. The van der Waals surface area contributed by atoms with Crippen LogP contribution in [0.1, 0.15) is 22.3 Å². The lowest BCUT2D eigenvalue weighted by Crippen LogP contribution is -2.25. The van der Waals surface area contributed by atoms with Crippen molar-refractivity contribution in [1.82, 2.24) is 15.0 Å². The van der Waals surface area contributed by atoms with Crippen molar-refractivity contribution < 1.29 is 0 Å². The molecule has 2 aliphatic rings. The van der Waals surface area contributed by atoms with Crippen LogP contribution in [-0.2, 0) is 5.41 Å². The highest BCUT2D eigenvalue weighted by atomic mass is 14.9. The third kappa shape index (κ3) is 5.62.